The molecular formula is C20H22FN10O10P. The number of phosphoric ester groups is 1. The number of aromatic nitrogens is 8. The minimum absolute atomic E-state index is 0.0792. The van der Waals surface area contributed by atoms with Crippen molar-refractivity contribution < 1.29 is 47.3 Å². The molecule has 22 heteroatoms. The number of aliphatic hydroxyl groups excluding tert-OH is 2. The molecule has 0 amide bonds. The van der Waals surface area contributed by atoms with Crippen LogP contribution in [0.3, 0.4) is 0 Å². The van der Waals surface area contributed by atoms with E-state index >= 15 is 4.39 Å². The van der Waals surface area contributed by atoms with Crippen molar-refractivity contribution >= 4 is 41.9 Å². The summed E-state index contributed by atoms with van der Waals surface area (Å²) < 4.78 is 58.5. The first kappa shape index (κ1) is 27.2. The number of phosphoric acid groups is 1. The van der Waals surface area contributed by atoms with Crippen molar-refractivity contribution in [2.75, 3.05) is 24.7 Å². The lowest BCUT2D eigenvalue weighted by Crippen LogP contribution is -2.44. The highest BCUT2D eigenvalue weighted by atomic mass is 31.2. The normalized spacial score (nSPS) is 37.2. The van der Waals surface area contributed by atoms with Crippen molar-refractivity contribution in [3.63, 3.8) is 0 Å². The lowest BCUT2D eigenvalue weighted by Gasteiger charge is -2.27. The third kappa shape index (κ3) is 4.17. The molecule has 2 bridgehead atoms. The van der Waals surface area contributed by atoms with Crippen LogP contribution in [-0.2, 0) is 27.8 Å². The zero-order valence-electron chi connectivity index (χ0n) is 21.0. The van der Waals surface area contributed by atoms with Gasteiger partial charge in [-0.1, -0.05) is 0 Å². The van der Waals surface area contributed by atoms with Crippen LogP contribution < -0.4 is 17.0 Å². The van der Waals surface area contributed by atoms with E-state index < -0.39 is 75.4 Å². The van der Waals surface area contributed by atoms with Crippen LogP contribution in [0.2, 0.25) is 0 Å². The molecule has 0 radical (unpaired) electrons. The largest absolute Gasteiger partial charge is 0.472 e. The number of fused-ring (bicyclic) bond motifs is 5. The molecule has 3 saturated heterocycles. The van der Waals surface area contributed by atoms with Crippen LogP contribution in [0.5, 0.6) is 0 Å². The number of rotatable bonds is 2. The number of ether oxygens (including phenoxy) is 3. The molecule has 0 spiro atoms. The molecule has 2 unspecified atom stereocenters. The van der Waals surface area contributed by atoms with Gasteiger partial charge in [-0.2, -0.15) is 9.37 Å². The molecule has 4 aromatic heterocycles. The Morgan fingerprint density at radius 2 is 1.81 bits per heavy atom. The molecule has 4 aromatic rings. The molecule has 3 fully saturated rings. The van der Waals surface area contributed by atoms with Gasteiger partial charge >= 0.3 is 13.9 Å². The lowest BCUT2D eigenvalue weighted by atomic mass is 9.99. The number of nitrogen functional groups attached to an aromatic ring is 2. The van der Waals surface area contributed by atoms with Gasteiger partial charge in [0, 0.05) is 5.92 Å². The van der Waals surface area contributed by atoms with Gasteiger partial charge in [0.25, 0.3) is 5.56 Å². The van der Waals surface area contributed by atoms with Crippen LogP contribution in [0.4, 0.5) is 16.2 Å². The van der Waals surface area contributed by atoms with E-state index in [4.69, 9.17) is 34.7 Å². The SMILES string of the molecule is Nc1nc2c(ncn2[C@@H]2O[C@]3(F)OCC4[C@@H](O)[C@H](n5cnc6c(N)ncnc65)O[C@@H]4COP(=O)(O)O[C@@H]2[C@@H]3O)c(=O)[nH]1. The minimum Gasteiger partial charge on any atom is -0.388 e. The number of anilines is 2. The van der Waals surface area contributed by atoms with E-state index in [9.17, 15) is 24.5 Å². The summed E-state index contributed by atoms with van der Waals surface area (Å²) in [5.74, 6) is -1.33. The number of halogens is 1. The van der Waals surface area contributed by atoms with Crippen LogP contribution in [0.15, 0.2) is 23.8 Å². The van der Waals surface area contributed by atoms with E-state index in [1.165, 1.54) is 17.2 Å². The topological polar surface area (TPSA) is 283 Å². The molecule has 3 aliphatic heterocycles. The van der Waals surface area contributed by atoms with Crippen molar-refractivity contribution in [3.8, 4) is 0 Å². The molecule has 0 aliphatic carbocycles. The summed E-state index contributed by atoms with van der Waals surface area (Å²) in [6.07, 6.45) is -6.29. The van der Waals surface area contributed by atoms with Gasteiger partial charge in [0.1, 0.15) is 24.1 Å². The molecule has 3 aliphatic rings. The van der Waals surface area contributed by atoms with Gasteiger partial charge in [0.05, 0.1) is 32.0 Å². The zero-order chi connectivity index (χ0) is 29.6. The molecule has 7 rings (SSSR count). The number of hydrogen-bond donors (Lipinski definition) is 6. The highest BCUT2D eigenvalue weighted by Gasteiger charge is 2.62. The fourth-order valence-electron chi connectivity index (χ4n) is 5.24. The lowest BCUT2D eigenvalue weighted by molar-refractivity contribution is -0.345. The van der Waals surface area contributed by atoms with E-state index in [1.807, 2.05) is 0 Å². The second-order valence-electron chi connectivity index (χ2n) is 9.76. The maximum absolute atomic E-state index is 16.2. The van der Waals surface area contributed by atoms with Crippen molar-refractivity contribution in [2.24, 2.45) is 5.92 Å². The van der Waals surface area contributed by atoms with Gasteiger partial charge < -0.3 is 36.0 Å². The first-order chi connectivity index (χ1) is 20.0. The summed E-state index contributed by atoms with van der Waals surface area (Å²) in [6.45, 7) is -1.25. The molecule has 8 N–H and O–H groups in total. The van der Waals surface area contributed by atoms with Crippen LogP contribution in [-0.4, -0.2) is 97.8 Å². The van der Waals surface area contributed by atoms with Crippen LogP contribution in [0.25, 0.3) is 22.3 Å². The second kappa shape index (κ2) is 9.42. The number of hydrogen-bond acceptors (Lipinski definition) is 16. The maximum atomic E-state index is 16.2. The van der Waals surface area contributed by atoms with Crippen molar-refractivity contribution in [1.29, 1.82) is 0 Å². The standard InChI is InChI=1S/C20H22FN10O10P/c21-20-12(33)11(18(40-20)31-5-27-9-15(31)28-19(23)29-16(9)34)41-42(35,36)38-2-7-6(1-37-20)10(32)17(39-7)30-4-26-8-13(22)24-3-25-14(8)30/h3-7,10-12,17-18,32-33H,1-2H2,(H,35,36)(H2,22,24,25)(H3,23,28,29,34)/t6?,7-,10-,11-,12+,17-,18-,20-/m1/s1. The Bertz CT molecular complexity index is 1800. The number of nitrogens with one attached hydrogen (secondary N) is 1. The van der Waals surface area contributed by atoms with E-state index in [0.29, 0.717) is 0 Å². The number of aromatic amines is 1. The van der Waals surface area contributed by atoms with Crippen molar-refractivity contribution in [1.82, 2.24) is 39.0 Å². The van der Waals surface area contributed by atoms with Gasteiger partial charge in [-0.25, -0.2) is 24.5 Å². The van der Waals surface area contributed by atoms with Crippen LogP contribution in [0.1, 0.15) is 12.5 Å². The third-order valence-corrected chi connectivity index (χ3v) is 8.25. The summed E-state index contributed by atoms with van der Waals surface area (Å²) in [4.78, 5) is 45.0. The fourth-order valence-corrected chi connectivity index (χ4v) is 6.16. The Balaban J connectivity index is 1.23. The van der Waals surface area contributed by atoms with E-state index in [1.54, 1.807) is 0 Å². The van der Waals surface area contributed by atoms with Gasteiger partial charge in [-0.3, -0.25) is 32.7 Å². The van der Waals surface area contributed by atoms with Gasteiger partial charge in [0.15, 0.2) is 41.2 Å². The van der Waals surface area contributed by atoms with Crippen LogP contribution in [0, 0.1) is 5.92 Å². The summed E-state index contributed by atoms with van der Waals surface area (Å²) >= 11 is 0. The van der Waals surface area contributed by atoms with Gasteiger partial charge in [-0.15, -0.1) is 0 Å². The maximum Gasteiger partial charge on any atom is 0.472 e. The molecule has 224 valence electrons. The quantitative estimate of drug-likeness (QED) is 0.134. The Hall–Kier alpha value is -3.66. The van der Waals surface area contributed by atoms with E-state index in [0.717, 1.165) is 10.9 Å². The highest BCUT2D eigenvalue weighted by Crippen LogP contribution is 2.53. The third-order valence-electron chi connectivity index (χ3n) is 7.27. The predicted octanol–water partition coefficient (Wildman–Crippen LogP) is -1.96. The highest BCUT2D eigenvalue weighted by molar-refractivity contribution is 7.47. The van der Waals surface area contributed by atoms with E-state index in [-0.39, 0.29) is 34.1 Å². The number of aliphatic hydroxyl groups is 2. The zero-order valence-corrected chi connectivity index (χ0v) is 21.9. The molecule has 0 saturated carbocycles. The Labute approximate surface area is 231 Å². The first-order valence-electron chi connectivity index (χ1n) is 12.3. The summed E-state index contributed by atoms with van der Waals surface area (Å²) in [5, 5.41) is 22.1. The van der Waals surface area contributed by atoms with Crippen molar-refractivity contribution in [2.45, 2.75) is 42.9 Å². The summed E-state index contributed by atoms with van der Waals surface area (Å²) in [7, 11) is -5.08. The van der Waals surface area contributed by atoms with Crippen LogP contribution >= 0.6 is 7.82 Å². The average Bonchev–Trinajstić information content (AvgIpc) is 3.67. The minimum atomic E-state index is -5.08. The molecule has 42 heavy (non-hydrogen) atoms. The number of imidazole rings is 2. The Morgan fingerprint density at radius 1 is 1.07 bits per heavy atom. The molecule has 9 atom stereocenters. The number of alkyl halides is 1. The molecular weight excluding hydrogens is 590 g/mol. The number of H-pyrrole nitrogens is 1. The van der Waals surface area contributed by atoms with E-state index in [2.05, 4.69) is 29.9 Å². The average molecular weight is 612 g/mol. The molecule has 7 heterocycles. The van der Waals surface area contributed by atoms with Crippen molar-refractivity contribution in [3.05, 3.63) is 29.3 Å². The van der Waals surface area contributed by atoms with Gasteiger partial charge in [-0.05, 0) is 0 Å². The van der Waals surface area contributed by atoms with Gasteiger partial charge in [0.2, 0.25) is 5.95 Å². The molecule has 20 nitrogen and oxygen atoms in total. The monoisotopic (exact) mass is 612 g/mol. The Kier molecular flexibility index (Phi) is 6.10. The Morgan fingerprint density at radius 3 is 2.60 bits per heavy atom. The second-order valence-corrected chi connectivity index (χ2v) is 11.2. The predicted molar refractivity (Wildman–Crippen MR) is 132 cm³/mol. The number of nitrogens with zero attached hydrogens (tertiary/aromatic N) is 7. The summed E-state index contributed by atoms with van der Waals surface area (Å²) in [6, 6.07) is -3.35. The number of nitrogens with two attached hydrogens (primary N) is 2. The summed E-state index contributed by atoms with van der Waals surface area (Å²) in [5.41, 5.74) is 10.8. The fraction of sp³-hybridized carbons (Fsp3) is 0.500. The first-order valence-corrected chi connectivity index (χ1v) is 13.8. The molecule has 0 aromatic carbocycles. The smallest absolute Gasteiger partial charge is 0.388 e.